The van der Waals surface area contributed by atoms with Crippen LogP contribution in [0.3, 0.4) is 0 Å². The molecule has 0 aromatic heterocycles. The maximum Gasteiger partial charge on any atom is 0.253 e. The molecule has 4 heteroatoms. The van der Waals surface area contributed by atoms with Crippen molar-refractivity contribution in [3.05, 3.63) is 29.3 Å². The minimum atomic E-state index is -0.486. The molecule has 0 saturated carbocycles. The molecule has 4 nitrogen and oxygen atoms in total. The van der Waals surface area contributed by atoms with Crippen molar-refractivity contribution in [1.82, 2.24) is 0 Å². The zero-order chi connectivity index (χ0) is 16.8. The van der Waals surface area contributed by atoms with Crippen LogP contribution in [0, 0.1) is 6.92 Å². The Bertz CT molecular complexity index is 521. The molecule has 1 heterocycles. The Labute approximate surface area is 139 Å². The SMILES string of the molecule is Cc1cccc(C(C)C)c1NC(=O)C(C)OCC1CCCCO1. The van der Waals surface area contributed by atoms with Crippen LogP contribution >= 0.6 is 0 Å². The second kappa shape index (κ2) is 8.46. The second-order valence-corrected chi connectivity index (χ2v) is 6.65. The fourth-order valence-corrected chi connectivity index (χ4v) is 2.83. The molecule has 0 radical (unpaired) electrons. The van der Waals surface area contributed by atoms with Gasteiger partial charge in [-0.1, -0.05) is 32.0 Å². The molecule has 2 unspecified atom stereocenters. The number of hydrogen-bond donors (Lipinski definition) is 1. The Kier molecular flexibility index (Phi) is 6.60. The van der Waals surface area contributed by atoms with Crippen molar-refractivity contribution >= 4 is 11.6 Å². The van der Waals surface area contributed by atoms with Gasteiger partial charge in [0.1, 0.15) is 6.10 Å². The van der Waals surface area contributed by atoms with Gasteiger partial charge in [0.2, 0.25) is 0 Å². The van der Waals surface area contributed by atoms with Gasteiger partial charge in [0.05, 0.1) is 12.7 Å². The second-order valence-electron chi connectivity index (χ2n) is 6.65. The first-order valence-corrected chi connectivity index (χ1v) is 8.62. The molecule has 1 aliphatic heterocycles. The highest BCUT2D eigenvalue weighted by atomic mass is 16.5. The average molecular weight is 319 g/mol. The molecule has 128 valence electrons. The van der Waals surface area contributed by atoms with Crippen LogP contribution in [0.2, 0.25) is 0 Å². The van der Waals surface area contributed by atoms with E-state index in [2.05, 4.69) is 25.2 Å². The van der Waals surface area contributed by atoms with Gasteiger partial charge >= 0.3 is 0 Å². The number of anilines is 1. The topological polar surface area (TPSA) is 47.6 Å². The standard InChI is InChI=1S/C19H29NO3/c1-13(2)17-10-7-8-14(3)18(17)20-19(21)15(4)23-12-16-9-5-6-11-22-16/h7-8,10,13,15-16H,5-6,9,11-12H2,1-4H3,(H,20,21). The molecule has 0 aliphatic carbocycles. The molecule has 1 fully saturated rings. The summed E-state index contributed by atoms with van der Waals surface area (Å²) in [6, 6.07) is 6.11. The number of rotatable bonds is 6. The molecular formula is C19H29NO3. The average Bonchev–Trinajstić information content (AvgIpc) is 2.55. The first-order valence-electron chi connectivity index (χ1n) is 8.62. The smallest absolute Gasteiger partial charge is 0.253 e. The van der Waals surface area contributed by atoms with E-state index in [0.717, 1.165) is 36.3 Å². The number of para-hydroxylation sites is 1. The molecule has 1 aromatic carbocycles. The molecule has 0 spiro atoms. The van der Waals surface area contributed by atoms with Crippen molar-refractivity contribution in [2.75, 3.05) is 18.5 Å². The maximum atomic E-state index is 12.4. The zero-order valence-corrected chi connectivity index (χ0v) is 14.7. The van der Waals surface area contributed by atoms with Gasteiger partial charge in [-0.15, -0.1) is 0 Å². The van der Waals surface area contributed by atoms with Gasteiger partial charge in [-0.05, 0) is 50.2 Å². The van der Waals surface area contributed by atoms with Crippen LogP contribution in [0.5, 0.6) is 0 Å². The molecule has 2 rings (SSSR count). The highest BCUT2D eigenvalue weighted by molar-refractivity contribution is 5.95. The van der Waals surface area contributed by atoms with Crippen molar-refractivity contribution in [2.24, 2.45) is 0 Å². The Morgan fingerprint density at radius 2 is 2.13 bits per heavy atom. The predicted octanol–water partition coefficient (Wildman–Crippen LogP) is 4.03. The zero-order valence-electron chi connectivity index (χ0n) is 14.7. The van der Waals surface area contributed by atoms with E-state index in [9.17, 15) is 4.79 Å². The van der Waals surface area contributed by atoms with Crippen molar-refractivity contribution < 1.29 is 14.3 Å². The lowest BCUT2D eigenvalue weighted by Crippen LogP contribution is -2.33. The van der Waals surface area contributed by atoms with E-state index < -0.39 is 6.10 Å². The summed E-state index contributed by atoms with van der Waals surface area (Å²) in [5.74, 6) is 0.258. The van der Waals surface area contributed by atoms with Gasteiger partial charge in [-0.2, -0.15) is 0 Å². The molecule has 1 aliphatic rings. The highest BCUT2D eigenvalue weighted by Gasteiger charge is 2.20. The van der Waals surface area contributed by atoms with Crippen LogP contribution in [0.1, 0.15) is 57.1 Å². The highest BCUT2D eigenvalue weighted by Crippen LogP contribution is 2.27. The van der Waals surface area contributed by atoms with Crippen LogP contribution in [0.25, 0.3) is 0 Å². The van der Waals surface area contributed by atoms with Crippen LogP contribution in [0.4, 0.5) is 5.69 Å². The first kappa shape index (κ1) is 18.0. The largest absolute Gasteiger partial charge is 0.376 e. The number of aryl methyl sites for hydroxylation is 1. The third-order valence-corrected chi connectivity index (χ3v) is 4.35. The van der Waals surface area contributed by atoms with E-state index >= 15 is 0 Å². The fraction of sp³-hybridized carbons (Fsp3) is 0.632. The van der Waals surface area contributed by atoms with E-state index in [-0.39, 0.29) is 12.0 Å². The summed E-state index contributed by atoms with van der Waals surface area (Å²) in [4.78, 5) is 12.4. The van der Waals surface area contributed by atoms with Gasteiger partial charge < -0.3 is 14.8 Å². The van der Waals surface area contributed by atoms with E-state index in [1.54, 1.807) is 6.92 Å². The van der Waals surface area contributed by atoms with Crippen molar-refractivity contribution in [1.29, 1.82) is 0 Å². The number of ether oxygens (including phenoxy) is 2. The molecule has 1 saturated heterocycles. The Morgan fingerprint density at radius 3 is 2.78 bits per heavy atom. The molecule has 23 heavy (non-hydrogen) atoms. The summed E-state index contributed by atoms with van der Waals surface area (Å²) in [5.41, 5.74) is 3.14. The minimum Gasteiger partial charge on any atom is -0.376 e. The number of benzene rings is 1. The summed E-state index contributed by atoms with van der Waals surface area (Å²) < 4.78 is 11.4. The number of carbonyl (C=O) groups is 1. The van der Waals surface area contributed by atoms with Crippen molar-refractivity contribution in [3.63, 3.8) is 0 Å². The summed E-state index contributed by atoms with van der Waals surface area (Å²) >= 11 is 0. The van der Waals surface area contributed by atoms with Crippen molar-refractivity contribution in [2.45, 2.75) is 65.1 Å². The normalized spacial score (nSPS) is 19.6. The predicted molar refractivity (Wildman–Crippen MR) is 92.9 cm³/mol. The minimum absolute atomic E-state index is 0.1000. The summed E-state index contributed by atoms with van der Waals surface area (Å²) in [7, 11) is 0. The summed E-state index contributed by atoms with van der Waals surface area (Å²) in [6.45, 7) is 9.36. The van der Waals surface area contributed by atoms with Gasteiger partial charge in [0.15, 0.2) is 0 Å². The summed E-state index contributed by atoms with van der Waals surface area (Å²) in [6.07, 6.45) is 2.96. The van der Waals surface area contributed by atoms with Gasteiger partial charge in [-0.3, -0.25) is 4.79 Å². The summed E-state index contributed by atoms with van der Waals surface area (Å²) in [5, 5.41) is 3.04. The van der Waals surface area contributed by atoms with Crippen LogP contribution in [0.15, 0.2) is 18.2 Å². The Morgan fingerprint density at radius 1 is 1.35 bits per heavy atom. The van der Waals surface area contributed by atoms with Gasteiger partial charge in [0, 0.05) is 12.3 Å². The monoisotopic (exact) mass is 319 g/mol. The lowest BCUT2D eigenvalue weighted by Gasteiger charge is -2.24. The molecular weight excluding hydrogens is 290 g/mol. The van der Waals surface area contributed by atoms with Crippen LogP contribution < -0.4 is 5.32 Å². The van der Waals surface area contributed by atoms with Crippen LogP contribution in [-0.2, 0) is 14.3 Å². The number of hydrogen-bond acceptors (Lipinski definition) is 3. The van der Waals surface area contributed by atoms with E-state index in [1.807, 2.05) is 19.1 Å². The number of nitrogens with one attached hydrogen (secondary N) is 1. The third kappa shape index (κ3) is 5.05. The van der Waals surface area contributed by atoms with Crippen molar-refractivity contribution in [3.8, 4) is 0 Å². The van der Waals surface area contributed by atoms with Gasteiger partial charge in [0.25, 0.3) is 5.91 Å². The fourth-order valence-electron chi connectivity index (χ4n) is 2.83. The molecule has 1 amide bonds. The molecule has 2 atom stereocenters. The molecule has 1 aromatic rings. The maximum absolute atomic E-state index is 12.4. The van der Waals surface area contributed by atoms with Crippen LogP contribution in [-0.4, -0.2) is 31.3 Å². The number of carbonyl (C=O) groups excluding carboxylic acids is 1. The quantitative estimate of drug-likeness (QED) is 0.861. The van der Waals surface area contributed by atoms with E-state index in [1.165, 1.54) is 6.42 Å². The molecule has 1 N–H and O–H groups in total. The van der Waals surface area contributed by atoms with Gasteiger partial charge in [-0.25, -0.2) is 0 Å². The molecule has 0 bridgehead atoms. The number of amides is 1. The lowest BCUT2D eigenvalue weighted by molar-refractivity contribution is -0.130. The third-order valence-electron chi connectivity index (χ3n) is 4.35. The Balaban J connectivity index is 1.93. The van der Waals surface area contributed by atoms with E-state index in [4.69, 9.17) is 9.47 Å². The first-order chi connectivity index (χ1) is 11.0. The Hall–Kier alpha value is -1.39. The lowest BCUT2D eigenvalue weighted by atomic mass is 9.98. The van der Waals surface area contributed by atoms with E-state index in [0.29, 0.717) is 12.5 Å².